The van der Waals surface area contributed by atoms with E-state index in [1.165, 1.54) is 12.6 Å². The number of rotatable bonds is 8. The van der Waals surface area contributed by atoms with Gasteiger partial charge in [0, 0.05) is 28.4 Å². The Morgan fingerprint density at radius 1 is 0.951 bits per heavy atom. The van der Waals surface area contributed by atoms with Gasteiger partial charge >= 0.3 is 5.97 Å². The van der Waals surface area contributed by atoms with Gasteiger partial charge in [0.2, 0.25) is 0 Å². The molecule has 0 aliphatic heterocycles. The van der Waals surface area contributed by atoms with Crippen molar-refractivity contribution in [1.82, 2.24) is 14.5 Å². The summed E-state index contributed by atoms with van der Waals surface area (Å²) in [5.41, 5.74) is 5.48. The maximum absolute atomic E-state index is 11.6. The number of nitrogens with zero attached hydrogens (tertiary/aromatic N) is 3. The maximum Gasteiger partial charge on any atom is 0.337 e. The van der Waals surface area contributed by atoms with Crippen LogP contribution in [0.15, 0.2) is 79.0 Å². The summed E-state index contributed by atoms with van der Waals surface area (Å²) in [6, 6.07) is 23.5. The fourth-order valence-electron chi connectivity index (χ4n) is 5.58. The van der Waals surface area contributed by atoms with Gasteiger partial charge in [-0.15, -0.1) is 0 Å². The van der Waals surface area contributed by atoms with E-state index in [2.05, 4.69) is 9.55 Å². The Morgan fingerprint density at radius 2 is 1.66 bits per heavy atom. The second kappa shape index (κ2) is 11.6. The number of pyridine rings is 1. The Kier molecular flexibility index (Phi) is 7.61. The van der Waals surface area contributed by atoms with E-state index < -0.39 is 5.97 Å². The van der Waals surface area contributed by atoms with Crippen molar-refractivity contribution in [3.05, 3.63) is 95.1 Å². The van der Waals surface area contributed by atoms with Crippen LogP contribution in [0.4, 0.5) is 0 Å². The minimum atomic E-state index is -1.01. The van der Waals surface area contributed by atoms with Crippen LogP contribution in [0.1, 0.15) is 54.1 Å². The molecule has 0 radical (unpaired) electrons. The van der Waals surface area contributed by atoms with Gasteiger partial charge in [-0.05, 0) is 78.6 Å². The van der Waals surface area contributed by atoms with Gasteiger partial charge in [0.05, 0.1) is 12.7 Å². The molecule has 1 aliphatic carbocycles. The number of aromatic carboxylic acids is 1. The molecule has 0 amide bonds. The number of hydrogen-bond acceptors (Lipinski definition) is 5. The molecule has 1 aliphatic rings. The maximum atomic E-state index is 11.6. The molecule has 1 saturated carbocycles. The molecule has 2 aromatic heterocycles. The van der Waals surface area contributed by atoms with Crippen molar-refractivity contribution in [1.29, 1.82) is 0 Å². The third-order valence-corrected chi connectivity index (χ3v) is 7.94. The van der Waals surface area contributed by atoms with Crippen LogP contribution >= 0.6 is 11.6 Å². The lowest BCUT2D eigenvalue weighted by Crippen LogP contribution is -2.14. The first-order chi connectivity index (χ1) is 20.0. The van der Waals surface area contributed by atoms with Crippen LogP contribution in [-0.2, 0) is 6.61 Å². The predicted molar refractivity (Wildman–Crippen MR) is 160 cm³/mol. The van der Waals surface area contributed by atoms with E-state index in [0.29, 0.717) is 17.1 Å². The van der Waals surface area contributed by atoms with Crippen LogP contribution in [0.5, 0.6) is 11.5 Å². The standard InChI is InChI=1S/C33H30ClN3O4/c1-40-28-15-16-29(21-7-11-25(34)12-8-21)24(17-28)20-41-27-13-9-22(10-14-27)31-36-30-18-23(33(38)39)19-35-32(30)37(31)26-5-3-2-4-6-26/h7-19,26H,2-6,20H2,1H3,(H,38,39). The fraction of sp³-hybridized carbons (Fsp3) is 0.242. The molecular weight excluding hydrogens is 538 g/mol. The van der Waals surface area contributed by atoms with Gasteiger partial charge in [-0.3, -0.25) is 0 Å². The molecule has 208 valence electrons. The molecule has 8 heteroatoms. The summed E-state index contributed by atoms with van der Waals surface area (Å²) in [4.78, 5) is 21.0. The zero-order chi connectivity index (χ0) is 28.3. The molecule has 3 aromatic carbocycles. The Hall–Kier alpha value is -4.36. The van der Waals surface area contributed by atoms with Gasteiger partial charge in [0.15, 0.2) is 5.65 Å². The van der Waals surface area contributed by atoms with Crippen LogP contribution in [0.2, 0.25) is 5.02 Å². The minimum absolute atomic E-state index is 0.136. The predicted octanol–water partition coefficient (Wildman–Crippen LogP) is 8.21. The number of aromatic nitrogens is 3. The average Bonchev–Trinajstić information content (AvgIpc) is 3.40. The number of ether oxygens (including phenoxy) is 2. The summed E-state index contributed by atoms with van der Waals surface area (Å²) in [5.74, 6) is 1.28. The third kappa shape index (κ3) is 5.63. The topological polar surface area (TPSA) is 86.5 Å². The van der Waals surface area contributed by atoms with Gasteiger partial charge in [0.1, 0.15) is 29.4 Å². The van der Waals surface area contributed by atoms with Crippen LogP contribution in [-0.4, -0.2) is 32.7 Å². The number of methoxy groups -OCH3 is 1. The second-order valence-electron chi connectivity index (χ2n) is 10.3. The van der Waals surface area contributed by atoms with Crippen LogP contribution in [0.25, 0.3) is 33.7 Å². The summed E-state index contributed by atoms with van der Waals surface area (Å²) in [6.07, 6.45) is 7.08. The van der Waals surface area contributed by atoms with E-state index in [-0.39, 0.29) is 11.6 Å². The van der Waals surface area contributed by atoms with Gasteiger partial charge in [-0.1, -0.05) is 49.1 Å². The van der Waals surface area contributed by atoms with Crippen molar-refractivity contribution < 1.29 is 19.4 Å². The Morgan fingerprint density at radius 3 is 2.37 bits per heavy atom. The van der Waals surface area contributed by atoms with Crippen molar-refractivity contribution in [3.63, 3.8) is 0 Å². The first kappa shape index (κ1) is 26.8. The van der Waals surface area contributed by atoms with Gasteiger partial charge < -0.3 is 19.1 Å². The van der Waals surface area contributed by atoms with Gasteiger partial charge in [0.25, 0.3) is 0 Å². The van der Waals surface area contributed by atoms with Crippen molar-refractivity contribution >= 4 is 28.7 Å². The normalized spacial score (nSPS) is 13.8. The lowest BCUT2D eigenvalue weighted by Gasteiger charge is -2.25. The molecule has 1 N–H and O–H groups in total. The van der Waals surface area contributed by atoms with Crippen molar-refractivity contribution in [2.45, 2.75) is 44.8 Å². The molecular formula is C33H30ClN3O4. The second-order valence-corrected chi connectivity index (χ2v) is 10.7. The van der Waals surface area contributed by atoms with Crippen LogP contribution in [0, 0.1) is 0 Å². The van der Waals surface area contributed by atoms with E-state index in [0.717, 1.165) is 70.9 Å². The summed E-state index contributed by atoms with van der Waals surface area (Å²) < 4.78 is 13.9. The monoisotopic (exact) mass is 567 g/mol. The largest absolute Gasteiger partial charge is 0.497 e. The number of hydrogen-bond donors (Lipinski definition) is 1. The van der Waals surface area contributed by atoms with Crippen molar-refractivity contribution in [2.24, 2.45) is 0 Å². The average molecular weight is 568 g/mol. The molecule has 0 unspecified atom stereocenters. The summed E-state index contributed by atoms with van der Waals surface area (Å²) in [6.45, 7) is 0.358. The summed E-state index contributed by atoms with van der Waals surface area (Å²) >= 11 is 6.10. The molecule has 5 aromatic rings. The van der Waals surface area contributed by atoms with E-state index in [1.54, 1.807) is 13.2 Å². The number of carboxylic acids is 1. The number of fused-ring (bicyclic) bond motifs is 1. The zero-order valence-corrected chi connectivity index (χ0v) is 23.5. The number of halogens is 1. The smallest absolute Gasteiger partial charge is 0.337 e. The fourth-order valence-corrected chi connectivity index (χ4v) is 5.70. The molecule has 0 bridgehead atoms. The lowest BCUT2D eigenvalue weighted by atomic mass is 9.95. The summed E-state index contributed by atoms with van der Waals surface area (Å²) in [7, 11) is 1.65. The van der Waals surface area contributed by atoms with Crippen molar-refractivity contribution in [3.8, 4) is 34.0 Å². The molecule has 0 atom stereocenters. The first-order valence-electron chi connectivity index (χ1n) is 13.8. The quantitative estimate of drug-likeness (QED) is 0.203. The number of benzene rings is 3. The Labute approximate surface area is 243 Å². The molecule has 41 heavy (non-hydrogen) atoms. The summed E-state index contributed by atoms with van der Waals surface area (Å²) in [5, 5.41) is 10.2. The molecule has 2 heterocycles. The highest BCUT2D eigenvalue weighted by atomic mass is 35.5. The van der Waals surface area contributed by atoms with Gasteiger partial charge in [-0.2, -0.15) is 0 Å². The highest BCUT2D eigenvalue weighted by Gasteiger charge is 2.24. The Balaban J connectivity index is 1.29. The SMILES string of the molecule is COc1ccc(-c2ccc(Cl)cc2)c(COc2ccc(-c3nc4cc(C(=O)O)cnc4n3C3CCCCC3)cc2)c1. The first-order valence-corrected chi connectivity index (χ1v) is 14.2. The molecule has 7 nitrogen and oxygen atoms in total. The van der Waals surface area contributed by atoms with E-state index >= 15 is 0 Å². The van der Waals surface area contributed by atoms with Crippen LogP contribution in [0.3, 0.4) is 0 Å². The van der Waals surface area contributed by atoms with E-state index in [4.69, 9.17) is 26.1 Å². The van der Waals surface area contributed by atoms with Crippen LogP contribution < -0.4 is 9.47 Å². The molecule has 6 rings (SSSR count). The van der Waals surface area contributed by atoms with Crippen molar-refractivity contribution in [2.75, 3.05) is 7.11 Å². The number of imidazole rings is 1. The Bertz CT molecular complexity index is 1690. The lowest BCUT2D eigenvalue weighted by molar-refractivity contribution is 0.0696. The third-order valence-electron chi connectivity index (χ3n) is 7.69. The minimum Gasteiger partial charge on any atom is -0.497 e. The molecule has 0 spiro atoms. The highest BCUT2D eigenvalue weighted by Crippen LogP contribution is 2.36. The van der Waals surface area contributed by atoms with Gasteiger partial charge in [-0.25, -0.2) is 14.8 Å². The number of carbonyl (C=O) groups is 1. The number of carboxylic acid groups (broad SMARTS) is 1. The molecule has 0 saturated heterocycles. The van der Waals surface area contributed by atoms with E-state index in [1.807, 2.05) is 66.7 Å². The van der Waals surface area contributed by atoms with E-state index in [9.17, 15) is 9.90 Å². The zero-order valence-electron chi connectivity index (χ0n) is 22.7. The molecule has 1 fully saturated rings. The highest BCUT2D eigenvalue weighted by molar-refractivity contribution is 6.30.